The zero-order valence-electron chi connectivity index (χ0n) is 11.6. The summed E-state index contributed by atoms with van der Waals surface area (Å²) in [6, 6.07) is 0.920. The summed E-state index contributed by atoms with van der Waals surface area (Å²) in [4.78, 5) is 12.5. The summed E-state index contributed by atoms with van der Waals surface area (Å²) in [5.41, 5.74) is -0.518. The van der Waals surface area contributed by atoms with Crippen molar-refractivity contribution < 1.29 is 26.7 Å². The number of benzene rings is 1. The predicted octanol–water partition coefficient (Wildman–Crippen LogP) is 0.721. The van der Waals surface area contributed by atoms with Gasteiger partial charge >= 0.3 is 0 Å². The Balaban J connectivity index is 3.17. The first-order chi connectivity index (χ1) is 9.68. The largest absolute Gasteiger partial charge is 0.380 e. The van der Waals surface area contributed by atoms with Crippen molar-refractivity contribution in [2.45, 2.75) is 11.8 Å². The molecule has 0 unspecified atom stereocenters. The number of hydrogen-bond donors (Lipinski definition) is 1. The van der Waals surface area contributed by atoms with E-state index in [9.17, 15) is 22.0 Å². The van der Waals surface area contributed by atoms with Crippen LogP contribution in [-0.4, -0.2) is 46.0 Å². The lowest BCUT2D eigenvalue weighted by Gasteiger charge is -2.18. The highest BCUT2D eigenvalue weighted by Crippen LogP contribution is 2.20. The molecule has 1 amide bonds. The van der Waals surface area contributed by atoms with Crippen LogP contribution in [0.2, 0.25) is 0 Å². The Morgan fingerprint density at radius 3 is 2.43 bits per heavy atom. The van der Waals surface area contributed by atoms with Crippen molar-refractivity contribution >= 4 is 15.9 Å². The quantitative estimate of drug-likeness (QED) is 0.782. The van der Waals surface area contributed by atoms with Crippen LogP contribution in [0, 0.1) is 11.6 Å². The fourth-order valence-electron chi connectivity index (χ4n) is 1.58. The van der Waals surface area contributed by atoms with Crippen molar-refractivity contribution in [2.24, 2.45) is 5.14 Å². The van der Waals surface area contributed by atoms with E-state index in [-0.39, 0.29) is 13.2 Å². The van der Waals surface area contributed by atoms with E-state index in [1.807, 2.05) is 0 Å². The van der Waals surface area contributed by atoms with Gasteiger partial charge in [-0.1, -0.05) is 0 Å². The Kier molecular flexibility index (Phi) is 5.76. The Labute approximate surface area is 121 Å². The minimum atomic E-state index is -4.36. The van der Waals surface area contributed by atoms with Crippen LogP contribution in [0.15, 0.2) is 17.0 Å². The smallest absolute Gasteiger partial charge is 0.255 e. The number of amides is 1. The number of ether oxygens (including phenoxy) is 1. The van der Waals surface area contributed by atoms with Gasteiger partial charge in [0.25, 0.3) is 5.91 Å². The van der Waals surface area contributed by atoms with Crippen LogP contribution in [0.5, 0.6) is 0 Å². The fraction of sp³-hybridized carbons (Fsp3) is 0.417. The number of primary sulfonamides is 1. The van der Waals surface area contributed by atoms with E-state index in [1.54, 1.807) is 6.92 Å². The molecule has 2 N–H and O–H groups in total. The molecule has 0 atom stereocenters. The average molecular weight is 322 g/mol. The van der Waals surface area contributed by atoms with Gasteiger partial charge in [-0.3, -0.25) is 4.79 Å². The summed E-state index contributed by atoms with van der Waals surface area (Å²) >= 11 is 0. The fourth-order valence-corrected chi connectivity index (χ4v) is 2.30. The lowest BCUT2D eigenvalue weighted by Crippen LogP contribution is -2.32. The standard InChI is InChI=1S/C12H16F2N2O4S/c1-3-20-5-4-16(2)12(17)8-6-9(13)10(14)7-11(8)21(15,18)19/h6-7H,3-5H2,1-2H3,(H2,15,18,19). The lowest BCUT2D eigenvalue weighted by molar-refractivity contribution is 0.0705. The van der Waals surface area contributed by atoms with E-state index in [1.165, 1.54) is 7.05 Å². The molecule has 1 rings (SSSR count). The van der Waals surface area contributed by atoms with E-state index in [0.29, 0.717) is 18.7 Å². The first-order valence-electron chi connectivity index (χ1n) is 6.03. The molecular formula is C12H16F2N2O4S. The van der Waals surface area contributed by atoms with Crippen molar-refractivity contribution in [1.82, 2.24) is 4.90 Å². The normalized spacial score (nSPS) is 11.5. The molecule has 1 aromatic rings. The van der Waals surface area contributed by atoms with Crippen LogP contribution in [-0.2, 0) is 14.8 Å². The summed E-state index contributed by atoms with van der Waals surface area (Å²) in [6.07, 6.45) is 0. The number of nitrogens with two attached hydrogens (primary N) is 1. The maximum atomic E-state index is 13.3. The maximum Gasteiger partial charge on any atom is 0.255 e. The van der Waals surface area contributed by atoms with Crippen molar-refractivity contribution in [1.29, 1.82) is 0 Å². The Morgan fingerprint density at radius 1 is 1.33 bits per heavy atom. The minimum Gasteiger partial charge on any atom is -0.380 e. The summed E-state index contributed by atoms with van der Waals surface area (Å²) < 4.78 is 54.3. The highest BCUT2D eigenvalue weighted by atomic mass is 32.2. The molecule has 1 aromatic carbocycles. The van der Waals surface area contributed by atoms with Gasteiger partial charge in [0.15, 0.2) is 11.6 Å². The van der Waals surface area contributed by atoms with Gasteiger partial charge < -0.3 is 9.64 Å². The molecule has 0 spiro atoms. The monoisotopic (exact) mass is 322 g/mol. The molecule has 0 radical (unpaired) electrons. The molecule has 0 heterocycles. The zero-order valence-corrected chi connectivity index (χ0v) is 12.4. The molecular weight excluding hydrogens is 306 g/mol. The van der Waals surface area contributed by atoms with Gasteiger partial charge in [-0.25, -0.2) is 22.3 Å². The predicted molar refractivity (Wildman–Crippen MR) is 71.2 cm³/mol. The van der Waals surface area contributed by atoms with Crippen LogP contribution in [0.25, 0.3) is 0 Å². The molecule has 0 saturated carbocycles. The maximum absolute atomic E-state index is 13.3. The van der Waals surface area contributed by atoms with E-state index in [2.05, 4.69) is 0 Å². The molecule has 6 nitrogen and oxygen atoms in total. The van der Waals surface area contributed by atoms with E-state index in [0.717, 1.165) is 4.90 Å². The third kappa shape index (κ3) is 4.45. The third-order valence-electron chi connectivity index (χ3n) is 2.68. The zero-order chi connectivity index (χ0) is 16.2. The highest BCUT2D eigenvalue weighted by Gasteiger charge is 2.24. The number of halogens is 2. The van der Waals surface area contributed by atoms with Crippen molar-refractivity contribution in [3.8, 4) is 0 Å². The average Bonchev–Trinajstić information content (AvgIpc) is 2.39. The molecule has 0 fully saturated rings. The van der Waals surface area contributed by atoms with Crippen LogP contribution < -0.4 is 5.14 Å². The summed E-state index contributed by atoms with van der Waals surface area (Å²) in [5, 5.41) is 4.92. The lowest BCUT2D eigenvalue weighted by atomic mass is 10.2. The Morgan fingerprint density at radius 2 is 1.90 bits per heavy atom. The molecule has 21 heavy (non-hydrogen) atoms. The van der Waals surface area contributed by atoms with Crippen LogP contribution in [0.1, 0.15) is 17.3 Å². The molecule has 118 valence electrons. The van der Waals surface area contributed by atoms with Gasteiger partial charge in [-0.2, -0.15) is 0 Å². The van der Waals surface area contributed by atoms with Gasteiger partial charge in [0.05, 0.1) is 17.1 Å². The summed E-state index contributed by atoms with van der Waals surface area (Å²) in [6.45, 7) is 2.62. The van der Waals surface area contributed by atoms with Gasteiger partial charge in [0.1, 0.15) is 0 Å². The molecule has 0 saturated heterocycles. The topological polar surface area (TPSA) is 89.7 Å². The molecule has 0 aliphatic carbocycles. The molecule has 0 aliphatic rings. The SMILES string of the molecule is CCOCCN(C)C(=O)c1cc(F)c(F)cc1S(N)(=O)=O. The molecule has 0 aliphatic heterocycles. The second kappa shape index (κ2) is 6.92. The number of hydrogen-bond acceptors (Lipinski definition) is 4. The number of likely N-dealkylation sites (N-methyl/N-ethyl adjacent to an activating group) is 1. The van der Waals surface area contributed by atoms with E-state index in [4.69, 9.17) is 9.88 Å². The second-order valence-electron chi connectivity index (χ2n) is 4.23. The van der Waals surface area contributed by atoms with Gasteiger partial charge in [-0.15, -0.1) is 0 Å². The van der Waals surface area contributed by atoms with Crippen LogP contribution in [0.4, 0.5) is 8.78 Å². The number of carbonyl (C=O) groups excluding carboxylic acids is 1. The van der Waals surface area contributed by atoms with Gasteiger partial charge in [0, 0.05) is 20.2 Å². The number of rotatable bonds is 6. The van der Waals surface area contributed by atoms with Gasteiger partial charge in [0.2, 0.25) is 10.0 Å². The second-order valence-corrected chi connectivity index (χ2v) is 5.76. The third-order valence-corrected chi connectivity index (χ3v) is 3.63. The van der Waals surface area contributed by atoms with E-state index < -0.39 is 38.0 Å². The number of nitrogens with zero attached hydrogens (tertiary/aromatic N) is 1. The Hall–Kier alpha value is -1.58. The van der Waals surface area contributed by atoms with Crippen LogP contribution >= 0.6 is 0 Å². The molecule has 0 bridgehead atoms. The number of carbonyl (C=O) groups is 1. The van der Waals surface area contributed by atoms with E-state index >= 15 is 0 Å². The first-order valence-corrected chi connectivity index (χ1v) is 7.58. The first kappa shape index (κ1) is 17.5. The van der Waals surface area contributed by atoms with Crippen molar-refractivity contribution in [3.63, 3.8) is 0 Å². The molecule has 0 aromatic heterocycles. The number of sulfonamides is 1. The van der Waals surface area contributed by atoms with Crippen molar-refractivity contribution in [3.05, 3.63) is 29.3 Å². The Bertz CT molecular complexity index is 634. The van der Waals surface area contributed by atoms with Crippen LogP contribution in [0.3, 0.4) is 0 Å². The summed E-state index contributed by atoms with van der Waals surface area (Å²) in [5.74, 6) is -3.52. The van der Waals surface area contributed by atoms with Crippen molar-refractivity contribution in [2.75, 3.05) is 26.8 Å². The minimum absolute atomic E-state index is 0.162. The highest BCUT2D eigenvalue weighted by molar-refractivity contribution is 7.89. The summed E-state index contributed by atoms with van der Waals surface area (Å²) in [7, 11) is -2.98. The van der Waals surface area contributed by atoms with Gasteiger partial charge in [-0.05, 0) is 19.1 Å². The molecule has 9 heteroatoms.